The SMILES string of the molecule is CC(C)(C)C(NC(=O)OC1CCCCC1)C(=O)O. The molecular weight excluding hydrogens is 234 g/mol. The molecular formula is C13H23NO4. The van der Waals surface area contributed by atoms with Crippen molar-refractivity contribution >= 4 is 12.1 Å². The third-order valence-electron chi connectivity index (χ3n) is 3.20. The van der Waals surface area contributed by atoms with E-state index in [0.29, 0.717) is 0 Å². The van der Waals surface area contributed by atoms with Crippen LogP contribution in [0.3, 0.4) is 0 Å². The van der Waals surface area contributed by atoms with Gasteiger partial charge >= 0.3 is 12.1 Å². The smallest absolute Gasteiger partial charge is 0.408 e. The molecule has 1 amide bonds. The molecule has 0 bridgehead atoms. The molecule has 0 aliphatic heterocycles. The highest BCUT2D eigenvalue weighted by molar-refractivity contribution is 5.80. The van der Waals surface area contributed by atoms with Crippen LogP contribution in [0.1, 0.15) is 52.9 Å². The highest BCUT2D eigenvalue weighted by atomic mass is 16.6. The van der Waals surface area contributed by atoms with Gasteiger partial charge < -0.3 is 15.2 Å². The lowest BCUT2D eigenvalue weighted by Crippen LogP contribution is -2.49. The van der Waals surface area contributed by atoms with Gasteiger partial charge in [0.1, 0.15) is 12.1 Å². The number of carboxylic acid groups (broad SMARTS) is 1. The molecule has 5 heteroatoms. The van der Waals surface area contributed by atoms with E-state index in [1.807, 2.05) is 0 Å². The molecule has 104 valence electrons. The Hall–Kier alpha value is -1.26. The van der Waals surface area contributed by atoms with E-state index < -0.39 is 23.5 Å². The van der Waals surface area contributed by atoms with Crippen molar-refractivity contribution in [2.45, 2.75) is 65.0 Å². The van der Waals surface area contributed by atoms with Crippen molar-refractivity contribution in [2.24, 2.45) is 5.41 Å². The summed E-state index contributed by atoms with van der Waals surface area (Å²) >= 11 is 0. The molecule has 5 nitrogen and oxygen atoms in total. The fourth-order valence-electron chi connectivity index (χ4n) is 2.13. The highest BCUT2D eigenvalue weighted by Crippen LogP contribution is 2.22. The maximum atomic E-state index is 11.7. The first-order valence-corrected chi connectivity index (χ1v) is 6.50. The van der Waals surface area contributed by atoms with Crippen LogP contribution in [0, 0.1) is 5.41 Å². The average molecular weight is 257 g/mol. The van der Waals surface area contributed by atoms with Crippen molar-refractivity contribution in [3.8, 4) is 0 Å². The monoisotopic (exact) mass is 257 g/mol. The fourth-order valence-corrected chi connectivity index (χ4v) is 2.13. The first-order valence-electron chi connectivity index (χ1n) is 6.50. The number of carbonyl (C=O) groups is 2. The summed E-state index contributed by atoms with van der Waals surface area (Å²) in [5.41, 5.74) is -0.544. The molecule has 2 N–H and O–H groups in total. The minimum atomic E-state index is -1.04. The van der Waals surface area contributed by atoms with Crippen molar-refractivity contribution in [3.63, 3.8) is 0 Å². The van der Waals surface area contributed by atoms with Gasteiger partial charge in [0.05, 0.1) is 0 Å². The average Bonchev–Trinajstić information content (AvgIpc) is 2.25. The molecule has 1 aliphatic rings. The van der Waals surface area contributed by atoms with Crippen molar-refractivity contribution in [1.82, 2.24) is 5.32 Å². The zero-order valence-corrected chi connectivity index (χ0v) is 11.4. The third kappa shape index (κ3) is 4.55. The molecule has 1 atom stereocenters. The lowest BCUT2D eigenvalue weighted by Gasteiger charge is -2.29. The summed E-state index contributed by atoms with van der Waals surface area (Å²) in [5, 5.41) is 11.5. The number of amides is 1. The van der Waals surface area contributed by atoms with E-state index >= 15 is 0 Å². The lowest BCUT2D eigenvalue weighted by molar-refractivity contribution is -0.142. The number of hydrogen-bond acceptors (Lipinski definition) is 3. The zero-order chi connectivity index (χ0) is 13.8. The molecule has 18 heavy (non-hydrogen) atoms. The number of hydrogen-bond donors (Lipinski definition) is 2. The van der Waals surface area contributed by atoms with Gasteiger partial charge in [-0.15, -0.1) is 0 Å². The number of carboxylic acids is 1. The number of ether oxygens (including phenoxy) is 1. The van der Waals surface area contributed by atoms with Gasteiger partial charge in [-0.25, -0.2) is 9.59 Å². The van der Waals surface area contributed by atoms with Crippen molar-refractivity contribution in [2.75, 3.05) is 0 Å². The van der Waals surface area contributed by atoms with Crippen LogP contribution in [0.5, 0.6) is 0 Å². The number of rotatable bonds is 3. The van der Waals surface area contributed by atoms with E-state index in [1.165, 1.54) is 6.42 Å². The molecule has 0 saturated heterocycles. The first-order chi connectivity index (χ1) is 8.30. The number of nitrogens with one attached hydrogen (secondary N) is 1. The van der Waals surface area contributed by atoms with Crippen LogP contribution in [-0.4, -0.2) is 29.3 Å². The van der Waals surface area contributed by atoms with E-state index in [-0.39, 0.29) is 6.10 Å². The van der Waals surface area contributed by atoms with Gasteiger partial charge in [-0.3, -0.25) is 0 Å². The van der Waals surface area contributed by atoms with Crippen LogP contribution in [-0.2, 0) is 9.53 Å². The molecule has 1 aliphatic carbocycles. The quantitative estimate of drug-likeness (QED) is 0.814. The van der Waals surface area contributed by atoms with Gasteiger partial charge in [-0.2, -0.15) is 0 Å². The molecule has 1 rings (SSSR count). The number of alkyl carbamates (subject to hydrolysis) is 1. The Labute approximate surface area is 108 Å². The van der Waals surface area contributed by atoms with Crippen LogP contribution in [0.4, 0.5) is 4.79 Å². The molecule has 0 aromatic rings. The van der Waals surface area contributed by atoms with E-state index in [9.17, 15) is 9.59 Å². The summed E-state index contributed by atoms with van der Waals surface area (Å²) in [4.78, 5) is 22.8. The summed E-state index contributed by atoms with van der Waals surface area (Å²) < 4.78 is 5.25. The maximum Gasteiger partial charge on any atom is 0.408 e. The predicted octanol–water partition coefficient (Wildman–Crippen LogP) is 2.54. The summed E-state index contributed by atoms with van der Waals surface area (Å²) in [6, 6.07) is -0.936. The predicted molar refractivity (Wildman–Crippen MR) is 67.4 cm³/mol. The summed E-state index contributed by atoms with van der Waals surface area (Å²) in [6.07, 6.45) is 4.39. The van der Waals surface area contributed by atoms with Crippen LogP contribution in [0.25, 0.3) is 0 Å². The minimum absolute atomic E-state index is 0.0619. The minimum Gasteiger partial charge on any atom is -0.480 e. The van der Waals surface area contributed by atoms with Crippen molar-refractivity contribution < 1.29 is 19.4 Å². The zero-order valence-electron chi connectivity index (χ0n) is 11.4. The highest BCUT2D eigenvalue weighted by Gasteiger charge is 2.33. The lowest BCUT2D eigenvalue weighted by atomic mass is 9.87. The number of aliphatic carboxylic acids is 1. The van der Waals surface area contributed by atoms with Crippen molar-refractivity contribution in [3.05, 3.63) is 0 Å². The van der Waals surface area contributed by atoms with Gasteiger partial charge in [0.15, 0.2) is 0 Å². The standard InChI is InChI=1S/C13H23NO4/c1-13(2,3)10(11(15)16)14-12(17)18-9-7-5-4-6-8-9/h9-10H,4-8H2,1-3H3,(H,14,17)(H,15,16). The van der Waals surface area contributed by atoms with Gasteiger partial charge in [-0.1, -0.05) is 27.2 Å². The Balaban J connectivity index is 2.48. The Bertz CT molecular complexity index is 303. The van der Waals surface area contributed by atoms with Crippen LogP contribution in [0.2, 0.25) is 0 Å². The Kier molecular flexibility index (Phi) is 4.99. The van der Waals surface area contributed by atoms with Gasteiger partial charge in [0.25, 0.3) is 0 Å². The van der Waals surface area contributed by atoms with Crippen molar-refractivity contribution in [1.29, 1.82) is 0 Å². The molecule has 1 saturated carbocycles. The van der Waals surface area contributed by atoms with Crippen LogP contribution >= 0.6 is 0 Å². The van der Waals surface area contributed by atoms with Gasteiger partial charge in [0, 0.05) is 0 Å². The van der Waals surface area contributed by atoms with E-state index in [0.717, 1.165) is 25.7 Å². The first kappa shape index (κ1) is 14.8. The molecule has 0 aromatic carbocycles. The third-order valence-corrected chi connectivity index (χ3v) is 3.20. The molecule has 1 fully saturated rings. The van der Waals surface area contributed by atoms with Crippen LogP contribution < -0.4 is 5.32 Å². The summed E-state index contributed by atoms with van der Waals surface area (Å²) in [7, 11) is 0. The van der Waals surface area contributed by atoms with E-state index in [1.54, 1.807) is 20.8 Å². The molecule has 1 unspecified atom stereocenters. The van der Waals surface area contributed by atoms with Crippen LogP contribution in [0.15, 0.2) is 0 Å². The van der Waals surface area contributed by atoms with Gasteiger partial charge in [-0.05, 0) is 31.1 Å². The Morgan fingerprint density at radius 3 is 2.22 bits per heavy atom. The molecule has 0 heterocycles. The fraction of sp³-hybridized carbons (Fsp3) is 0.846. The summed E-state index contributed by atoms with van der Waals surface area (Å²) in [6.45, 7) is 5.31. The molecule has 0 aromatic heterocycles. The largest absolute Gasteiger partial charge is 0.480 e. The Morgan fingerprint density at radius 2 is 1.78 bits per heavy atom. The van der Waals surface area contributed by atoms with E-state index in [2.05, 4.69) is 5.32 Å². The molecule has 0 radical (unpaired) electrons. The second kappa shape index (κ2) is 6.07. The second-order valence-electron chi connectivity index (χ2n) is 5.95. The topological polar surface area (TPSA) is 75.6 Å². The summed E-state index contributed by atoms with van der Waals surface area (Å²) in [5.74, 6) is -1.04. The maximum absolute atomic E-state index is 11.7. The second-order valence-corrected chi connectivity index (χ2v) is 5.95. The molecule has 0 spiro atoms. The Morgan fingerprint density at radius 1 is 1.22 bits per heavy atom. The normalized spacial score (nSPS) is 19.1. The van der Waals surface area contributed by atoms with Gasteiger partial charge in [0.2, 0.25) is 0 Å². The van der Waals surface area contributed by atoms with E-state index in [4.69, 9.17) is 9.84 Å². The number of carbonyl (C=O) groups excluding carboxylic acids is 1.